The molecule has 2 nitrogen and oxygen atoms in total. The second-order valence-electron chi connectivity index (χ2n) is 3.17. The molecule has 0 aromatic heterocycles. The highest BCUT2D eigenvalue weighted by Crippen LogP contribution is 2.28. The fraction of sp³-hybridized carbons (Fsp3) is 0.889. The van der Waals surface area contributed by atoms with E-state index >= 15 is 0 Å². The van der Waals surface area contributed by atoms with Crippen LogP contribution in [0.1, 0.15) is 45.4 Å². The Morgan fingerprint density at radius 2 is 1.77 bits per heavy atom. The molecule has 0 aromatic carbocycles. The normalized spacial score (nSPS) is 11.6. The number of rotatable bonds is 7. The van der Waals surface area contributed by atoms with Gasteiger partial charge in [-0.2, -0.15) is 0 Å². The standard InChI is InChI=1S/C9H16Cl2O2/c1-2-3-4-5-6-7-9(10,11)8(12)13/h2-7H2,1H3,(H,12,13). The van der Waals surface area contributed by atoms with Crippen molar-refractivity contribution in [3.63, 3.8) is 0 Å². The van der Waals surface area contributed by atoms with Crippen LogP contribution in [0.3, 0.4) is 0 Å². The summed E-state index contributed by atoms with van der Waals surface area (Å²) in [5.41, 5.74) is 0. The molecule has 0 saturated heterocycles. The Balaban J connectivity index is 3.46. The molecule has 0 saturated carbocycles. The summed E-state index contributed by atoms with van der Waals surface area (Å²) in [7, 11) is 0. The lowest BCUT2D eigenvalue weighted by atomic mass is 10.1. The van der Waals surface area contributed by atoms with E-state index in [9.17, 15) is 4.79 Å². The number of halogens is 2. The molecule has 0 unspecified atom stereocenters. The average Bonchev–Trinajstić information content (AvgIpc) is 2.03. The van der Waals surface area contributed by atoms with Gasteiger partial charge in [-0.05, 0) is 12.8 Å². The maximum Gasteiger partial charge on any atom is 0.340 e. The minimum absolute atomic E-state index is 0.329. The number of unbranched alkanes of at least 4 members (excludes halogenated alkanes) is 4. The number of carboxylic acid groups (broad SMARTS) is 1. The van der Waals surface area contributed by atoms with Crippen LogP contribution >= 0.6 is 23.2 Å². The molecule has 0 heterocycles. The van der Waals surface area contributed by atoms with Gasteiger partial charge in [0.05, 0.1) is 0 Å². The highest BCUT2D eigenvalue weighted by atomic mass is 35.5. The third-order valence-electron chi connectivity index (χ3n) is 1.91. The van der Waals surface area contributed by atoms with Crippen LogP contribution in [-0.2, 0) is 4.79 Å². The van der Waals surface area contributed by atoms with Gasteiger partial charge < -0.3 is 5.11 Å². The smallest absolute Gasteiger partial charge is 0.340 e. The predicted molar refractivity (Wildman–Crippen MR) is 55.4 cm³/mol. The van der Waals surface area contributed by atoms with Gasteiger partial charge >= 0.3 is 5.97 Å². The van der Waals surface area contributed by atoms with Crippen molar-refractivity contribution in [1.82, 2.24) is 0 Å². The Morgan fingerprint density at radius 3 is 2.23 bits per heavy atom. The van der Waals surface area contributed by atoms with Gasteiger partial charge in [0.25, 0.3) is 0 Å². The number of carbonyl (C=O) groups is 1. The van der Waals surface area contributed by atoms with Crippen LogP contribution in [0.25, 0.3) is 0 Å². The fourth-order valence-electron chi connectivity index (χ4n) is 1.06. The molecule has 0 spiro atoms. The SMILES string of the molecule is CCCCCCCC(Cl)(Cl)C(=O)O. The lowest BCUT2D eigenvalue weighted by molar-refractivity contribution is -0.138. The third-order valence-corrected chi connectivity index (χ3v) is 2.61. The summed E-state index contributed by atoms with van der Waals surface area (Å²) in [6.45, 7) is 2.13. The predicted octanol–water partition coefficient (Wildman–Crippen LogP) is 3.61. The molecular weight excluding hydrogens is 211 g/mol. The molecule has 0 bridgehead atoms. The van der Waals surface area contributed by atoms with Crippen LogP contribution in [-0.4, -0.2) is 15.4 Å². The van der Waals surface area contributed by atoms with Crippen molar-refractivity contribution < 1.29 is 9.90 Å². The van der Waals surface area contributed by atoms with Gasteiger partial charge in [-0.1, -0.05) is 55.8 Å². The molecule has 0 fully saturated rings. The Kier molecular flexibility index (Phi) is 6.52. The first kappa shape index (κ1) is 13.1. The topological polar surface area (TPSA) is 37.3 Å². The van der Waals surface area contributed by atoms with Gasteiger partial charge in [-0.25, -0.2) is 4.79 Å². The van der Waals surface area contributed by atoms with E-state index < -0.39 is 10.3 Å². The van der Waals surface area contributed by atoms with Crippen molar-refractivity contribution in [2.24, 2.45) is 0 Å². The molecule has 0 aliphatic carbocycles. The molecule has 0 aromatic rings. The lowest BCUT2D eigenvalue weighted by Gasteiger charge is -2.13. The second kappa shape index (κ2) is 6.50. The van der Waals surface area contributed by atoms with E-state index in [1.54, 1.807) is 0 Å². The quantitative estimate of drug-likeness (QED) is 0.532. The van der Waals surface area contributed by atoms with E-state index in [1.807, 2.05) is 0 Å². The molecule has 0 atom stereocenters. The number of hydrogen-bond donors (Lipinski definition) is 1. The maximum atomic E-state index is 10.5. The first-order valence-electron chi connectivity index (χ1n) is 4.62. The minimum Gasteiger partial charge on any atom is -0.479 e. The molecule has 0 rings (SSSR count). The Bertz CT molecular complexity index is 158. The summed E-state index contributed by atoms with van der Waals surface area (Å²) >= 11 is 11.1. The van der Waals surface area contributed by atoms with Crippen molar-refractivity contribution in [1.29, 1.82) is 0 Å². The van der Waals surface area contributed by atoms with Crippen molar-refractivity contribution >= 4 is 29.2 Å². The number of carboxylic acids is 1. The van der Waals surface area contributed by atoms with Gasteiger partial charge in [-0.15, -0.1) is 0 Å². The van der Waals surface area contributed by atoms with E-state index in [1.165, 1.54) is 12.8 Å². The maximum absolute atomic E-state index is 10.5. The molecular formula is C9H16Cl2O2. The molecule has 4 heteroatoms. The zero-order valence-corrected chi connectivity index (χ0v) is 9.37. The van der Waals surface area contributed by atoms with Crippen LogP contribution in [0.5, 0.6) is 0 Å². The number of aliphatic carboxylic acids is 1. The monoisotopic (exact) mass is 226 g/mol. The van der Waals surface area contributed by atoms with Gasteiger partial charge in [0.1, 0.15) is 0 Å². The third kappa shape index (κ3) is 6.17. The summed E-state index contributed by atoms with van der Waals surface area (Å²) < 4.78 is -1.59. The van der Waals surface area contributed by atoms with E-state index in [4.69, 9.17) is 28.3 Å². The van der Waals surface area contributed by atoms with Gasteiger partial charge in [0.15, 0.2) is 0 Å². The summed E-state index contributed by atoms with van der Waals surface area (Å²) in [5.74, 6) is -1.15. The lowest BCUT2D eigenvalue weighted by Crippen LogP contribution is -2.25. The summed E-state index contributed by atoms with van der Waals surface area (Å²) in [6, 6.07) is 0. The highest BCUT2D eigenvalue weighted by molar-refractivity contribution is 6.57. The molecule has 0 amide bonds. The van der Waals surface area contributed by atoms with E-state index in [2.05, 4.69) is 6.92 Å². The van der Waals surface area contributed by atoms with E-state index in [-0.39, 0.29) is 0 Å². The number of hydrogen-bond acceptors (Lipinski definition) is 1. The molecule has 78 valence electrons. The van der Waals surface area contributed by atoms with Crippen molar-refractivity contribution in [2.75, 3.05) is 0 Å². The van der Waals surface area contributed by atoms with Crippen molar-refractivity contribution in [3.05, 3.63) is 0 Å². The van der Waals surface area contributed by atoms with Crippen molar-refractivity contribution in [3.8, 4) is 0 Å². The second-order valence-corrected chi connectivity index (χ2v) is 4.66. The van der Waals surface area contributed by atoms with E-state index in [0.29, 0.717) is 6.42 Å². The first-order chi connectivity index (χ1) is 6.00. The average molecular weight is 227 g/mol. The van der Waals surface area contributed by atoms with Gasteiger partial charge in [0.2, 0.25) is 4.33 Å². The Morgan fingerprint density at radius 1 is 1.23 bits per heavy atom. The van der Waals surface area contributed by atoms with Crippen LogP contribution in [0.15, 0.2) is 0 Å². The number of alkyl halides is 2. The van der Waals surface area contributed by atoms with Crippen LogP contribution in [0, 0.1) is 0 Å². The molecule has 0 aliphatic heterocycles. The van der Waals surface area contributed by atoms with Gasteiger partial charge in [-0.3, -0.25) is 0 Å². The molecule has 0 aliphatic rings. The zero-order chi connectivity index (χ0) is 10.3. The largest absolute Gasteiger partial charge is 0.479 e. The molecule has 13 heavy (non-hydrogen) atoms. The fourth-order valence-corrected chi connectivity index (χ4v) is 1.32. The summed E-state index contributed by atoms with van der Waals surface area (Å²) in [5, 5.41) is 8.58. The Labute approximate surface area is 89.2 Å². The summed E-state index contributed by atoms with van der Waals surface area (Å²) in [4.78, 5) is 10.5. The highest BCUT2D eigenvalue weighted by Gasteiger charge is 2.32. The molecule has 1 N–H and O–H groups in total. The van der Waals surface area contributed by atoms with Crippen molar-refractivity contribution in [2.45, 2.75) is 49.8 Å². The minimum atomic E-state index is -1.59. The van der Waals surface area contributed by atoms with Gasteiger partial charge in [0, 0.05) is 0 Å². The van der Waals surface area contributed by atoms with E-state index in [0.717, 1.165) is 19.3 Å². The zero-order valence-electron chi connectivity index (χ0n) is 7.85. The first-order valence-corrected chi connectivity index (χ1v) is 5.37. The Hall–Kier alpha value is 0.0500. The van der Waals surface area contributed by atoms with Crippen LogP contribution in [0.4, 0.5) is 0 Å². The molecule has 0 radical (unpaired) electrons. The summed E-state index contributed by atoms with van der Waals surface area (Å²) in [6.07, 6.45) is 5.59. The van der Waals surface area contributed by atoms with Crippen LogP contribution in [0.2, 0.25) is 0 Å². The van der Waals surface area contributed by atoms with Crippen LogP contribution < -0.4 is 0 Å².